The molecule has 3 nitrogen and oxygen atoms in total. The number of nitrogens with one attached hydrogen (secondary N) is 1. The van der Waals surface area contributed by atoms with Gasteiger partial charge in [-0.25, -0.2) is 4.98 Å². The van der Waals surface area contributed by atoms with Gasteiger partial charge in [-0.3, -0.25) is 4.79 Å². The molecule has 0 aliphatic rings. The molecule has 0 amide bonds. The van der Waals surface area contributed by atoms with Gasteiger partial charge < -0.3 is 4.98 Å². The Morgan fingerprint density at radius 2 is 2.07 bits per heavy atom. The third kappa shape index (κ3) is 2.47. The summed E-state index contributed by atoms with van der Waals surface area (Å²) in [6, 6.07) is 9.89. The van der Waals surface area contributed by atoms with E-state index in [0.717, 1.165) is 23.0 Å². The molecule has 0 bridgehead atoms. The Labute approximate surface area is 91.9 Å². The Kier molecular flexibility index (Phi) is 2.87. The maximum atomic E-state index is 10.9. The number of carbonyl (C=O) groups excluding carboxylic acids is 1. The van der Waals surface area contributed by atoms with Crippen molar-refractivity contribution in [2.45, 2.75) is 12.1 Å². The summed E-state index contributed by atoms with van der Waals surface area (Å²) in [5, 5.41) is 0.672. The molecule has 0 saturated heterocycles. The van der Waals surface area contributed by atoms with E-state index in [4.69, 9.17) is 0 Å². The van der Waals surface area contributed by atoms with Crippen LogP contribution in [0.15, 0.2) is 41.7 Å². The Balaban J connectivity index is 2.24. The molecule has 4 heteroatoms. The SMILES string of the molecule is CC(=O)Sc1ncc(-c2ccccc2)[nH]1. The van der Waals surface area contributed by atoms with Crippen LogP contribution in [0.25, 0.3) is 11.3 Å². The number of thioether (sulfide) groups is 1. The monoisotopic (exact) mass is 218 g/mol. The average molecular weight is 218 g/mol. The average Bonchev–Trinajstić information content (AvgIpc) is 2.67. The Morgan fingerprint density at radius 3 is 2.73 bits per heavy atom. The number of carbonyl (C=O) groups is 1. The number of rotatable bonds is 2. The number of benzene rings is 1. The van der Waals surface area contributed by atoms with Gasteiger partial charge in [0.05, 0.1) is 11.9 Å². The summed E-state index contributed by atoms with van der Waals surface area (Å²) in [4.78, 5) is 18.1. The maximum absolute atomic E-state index is 10.9. The van der Waals surface area contributed by atoms with E-state index in [1.165, 1.54) is 6.92 Å². The van der Waals surface area contributed by atoms with Crippen LogP contribution in [-0.2, 0) is 4.79 Å². The van der Waals surface area contributed by atoms with E-state index >= 15 is 0 Å². The summed E-state index contributed by atoms with van der Waals surface area (Å²) >= 11 is 1.11. The van der Waals surface area contributed by atoms with Crippen molar-refractivity contribution in [3.05, 3.63) is 36.5 Å². The Hall–Kier alpha value is -1.55. The molecule has 0 aliphatic heterocycles. The van der Waals surface area contributed by atoms with Gasteiger partial charge in [0.15, 0.2) is 10.3 Å². The molecule has 2 aromatic rings. The highest BCUT2D eigenvalue weighted by atomic mass is 32.2. The standard InChI is InChI=1S/C11H10N2OS/c1-8(14)15-11-12-7-10(13-11)9-5-3-2-4-6-9/h2-7H,1H3,(H,12,13). The van der Waals surface area contributed by atoms with Crippen molar-refractivity contribution >= 4 is 16.9 Å². The van der Waals surface area contributed by atoms with E-state index in [2.05, 4.69) is 9.97 Å². The highest BCUT2D eigenvalue weighted by Crippen LogP contribution is 2.21. The maximum Gasteiger partial charge on any atom is 0.193 e. The first-order chi connectivity index (χ1) is 7.25. The lowest BCUT2D eigenvalue weighted by Gasteiger charge is -1.95. The summed E-state index contributed by atoms with van der Waals surface area (Å²) in [5.74, 6) is 0. The first-order valence-electron chi connectivity index (χ1n) is 4.54. The second kappa shape index (κ2) is 4.31. The normalized spacial score (nSPS) is 10.2. The number of H-pyrrole nitrogens is 1. The largest absolute Gasteiger partial charge is 0.333 e. The fourth-order valence-corrected chi connectivity index (χ4v) is 1.79. The van der Waals surface area contributed by atoms with Crippen molar-refractivity contribution in [3.63, 3.8) is 0 Å². The molecular weight excluding hydrogens is 208 g/mol. The van der Waals surface area contributed by atoms with E-state index in [0.29, 0.717) is 5.16 Å². The van der Waals surface area contributed by atoms with E-state index in [1.54, 1.807) is 6.20 Å². The summed E-state index contributed by atoms with van der Waals surface area (Å²) < 4.78 is 0. The predicted molar refractivity (Wildman–Crippen MR) is 60.6 cm³/mol. The van der Waals surface area contributed by atoms with Crippen LogP contribution in [-0.4, -0.2) is 15.1 Å². The van der Waals surface area contributed by atoms with Crippen LogP contribution in [0.3, 0.4) is 0 Å². The highest BCUT2D eigenvalue weighted by molar-refractivity contribution is 8.13. The second-order valence-corrected chi connectivity index (χ2v) is 4.23. The molecule has 2 rings (SSSR count). The first kappa shape index (κ1) is 9.98. The van der Waals surface area contributed by atoms with Gasteiger partial charge in [-0.2, -0.15) is 0 Å². The molecule has 0 aliphatic carbocycles. The number of aromatic nitrogens is 2. The zero-order valence-corrected chi connectivity index (χ0v) is 9.04. The first-order valence-corrected chi connectivity index (χ1v) is 5.36. The van der Waals surface area contributed by atoms with Crippen molar-refractivity contribution in [1.82, 2.24) is 9.97 Å². The molecule has 0 atom stereocenters. The van der Waals surface area contributed by atoms with Gasteiger partial charge >= 0.3 is 0 Å². The van der Waals surface area contributed by atoms with E-state index in [1.807, 2.05) is 30.3 Å². The van der Waals surface area contributed by atoms with Gasteiger partial charge in [-0.05, 0) is 17.3 Å². The zero-order valence-electron chi connectivity index (χ0n) is 8.23. The zero-order chi connectivity index (χ0) is 10.7. The topological polar surface area (TPSA) is 45.8 Å². The lowest BCUT2D eigenvalue weighted by molar-refractivity contribution is -0.109. The van der Waals surface area contributed by atoms with Crippen LogP contribution in [0.1, 0.15) is 6.92 Å². The van der Waals surface area contributed by atoms with Gasteiger partial charge in [0, 0.05) is 6.92 Å². The van der Waals surface area contributed by atoms with Crippen molar-refractivity contribution in [3.8, 4) is 11.3 Å². The Bertz CT molecular complexity index is 464. The second-order valence-electron chi connectivity index (χ2n) is 3.06. The summed E-state index contributed by atoms with van der Waals surface area (Å²) in [6.07, 6.45) is 1.74. The number of imidazole rings is 1. The fourth-order valence-electron chi connectivity index (χ4n) is 1.26. The highest BCUT2D eigenvalue weighted by Gasteiger charge is 2.04. The quantitative estimate of drug-likeness (QED) is 0.788. The number of nitrogens with zero attached hydrogens (tertiary/aromatic N) is 1. The number of aromatic amines is 1. The lowest BCUT2D eigenvalue weighted by Crippen LogP contribution is -1.83. The molecule has 0 saturated carbocycles. The fraction of sp³-hybridized carbons (Fsp3) is 0.0909. The van der Waals surface area contributed by atoms with E-state index < -0.39 is 0 Å². The molecule has 1 aromatic carbocycles. The molecule has 15 heavy (non-hydrogen) atoms. The smallest absolute Gasteiger partial charge is 0.193 e. The number of hydrogen-bond acceptors (Lipinski definition) is 3. The Morgan fingerprint density at radius 1 is 1.33 bits per heavy atom. The van der Waals surface area contributed by atoms with Gasteiger partial charge in [-0.1, -0.05) is 30.3 Å². The third-order valence-electron chi connectivity index (χ3n) is 1.88. The van der Waals surface area contributed by atoms with Crippen LogP contribution in [0.5, 0.6) is 0 Å². The molecule has 0 unspecified atom stereocenters. The molecule has 1 N–H and O–H groups in total. The van der Waals surface area contributed by atoms with E-state index in [-0.39, 0.29) is 5.12 Å². The molecule has 1 aromatic heterocycles. The van der Waals surface area contributed by atoms with E-state index in [9.17, 15) is 4.79 Å². The van der Waals surface area contributed by atoms with Crippen LogP contribution in [0.2, 0.25) is 0 Å². The summed E-state index contributed by atoms with van der Waals surface area (Å²) in [6.45, 7) is 1.52. The van der Waals surface area contributed by atoms with Crippen LogP contribution in [0.4, 0.5) is 0 Å². The molecular formula is C11H10N2OS. The van der Waals surface area contributed by atoms with Gasteiger partial charge in [0.25, 0.3) is 0 Å². The molecule has 0 radical (unpaired) electrons. The molecule has 0 spiro atoms. The lowest BCUT2D eigenvalue weighted by atomic mass is 10.2. The summed E-state index contributed by atoms with van der Waals surface area (Å²) in [7, 11) is 0. The van der Waals surface area contributed by atoms with Crippen molar-refractivity contribution < 1.29 is 4.79 Å². The minimum Gasteiger partial charge on any atom is -0.333 e. The van der Waals surface area contributed by atoms with Crippen LogP contribution < -0.4 is 0 Å². The van der Waals surface area contributed by atoms with Crippen LogP contribution in [0, 0.1) is 0 Å². The molecule has 0 fully saturated rings. The number of hydrogen-bond donors (Lipinski definition) is 1. The van der Waals surface area contributed by atoms with Crippen LogP contribution >= 0.6 is 11.8 Å². The van der Waals surface area contributed by atoms with Crippen molar-refractivity contribution in [2.75, 3.05) is 0 Å². The van der Waals surface area contributed by atoms with Crippen molar-refractivity contribution in [2.24, 2.45) is 0 Å². The summed E-state index contributed by atoms with van der Waals surface area (Å²) in [5.41, 5.74) is 2.00. The molecule has 76 valence electrons. The minimum atomic E-state index is 0.0314. The third-order valence-corrected chi connectivity index (χ3v) is 2.57. The predicted octanol–water partition coefficient (Wildman–Crippen LogP) is 2.72. The van der Waals surface area contributed by atoms with Gasteiger partial charge in [0.2, 0.25) is 0 Å². The minimum absolute atomic E-state index is 0.0314. The van der Waals surface area contributed by atoms with Gasteiger partial charge in [0.1, 0.15) is 0 Å². The van der Waals surface area contributed by atoms with Crippen molar-refractivity contribution in [1.29, 1.82) is 0 Å². The molecule has 1 heterocycles. The van der Waals surface area contributed by atoms with Gasteiger partial charge in [-0.15, -0.1) is 0 Å².